The molecule has 0 fully saturated rings. The second-order valence-corrected chi connectivity index (χ2v) is 3.90. The first-order chi connectivity index (χ1) is 8.95. The predicted octanol–water partition coefficient (Wildman–Crippen LogP) is 4.16. The van der Waals surface area contributed by atoms with E-state index in [9.17, 15) is 13.2 Å². The van der Waals surface area contributed by atoms with Crippen LogP contribution in [0.5, 0.6) is 5.75 Å². The van der Waals surface area contributed by atoms with Gasteiger partial charge in [-0.25, -0.2) is 0 Å². The molecular formula is C14H10F3NO. The average Bonchev–Trinajstić information content (AvgIpc) is 2.37. The van der Waals surface area contributed by atoms with Crippen LogP contribution >= 0.6 is 0 Å². The van der Waals surface area contributed by atoms with Crippen LogP contribution in [0.2, 0.25) is 0 Å². The summed E-state index contributed by atoms with van der Waals surface area (Å²) in [6.45, 7) is 0. The summed E-state index contributed by atoms with van der Waals surface area (Å²) in [6, 6.07) is 11.0. The Morgan fingerprint density at radius 2 is 1.68 bits per heavy atom. The Labute approximate surface area is 107 Å². The molecule has 0 heterocycles. The quantitative estimate of drug-likeness (QED) is 0.812. The second-order valence-electron chi connectivity index (χ2n) is 3.90. The molecule has 0 spiro atoms. The molecule has 2 aromatic carbocycles. The van der Waals surface area contributed by atoms with Crippen LogP contribution < -0.4 is 0 Å². The minimum atomic E-state index is -4.37. The molecule has 0 aromatic heterocycles. The molecule has 2 nitrogen and oxygen atoms in total. The van der Waals surface area contributed by atoms with Gasteiger partial charge in [-0.1, -0.05) is 6.07 Å². The number of phenols is 1. The Bertz CT molecular complexity index is 588. The van der Waals surface area contributed by atoms with Gasteiger partial charge < -0.3 is 5.11 Å². The molecular weight excluding hydrogens is 255 g/mol. The van der Waals surface area contributed by atoms with Gasteiger partial charge in [0.05, 0.1) is 11.3 Å². The molecule has 19 heavy (non-hydrogen) atoms. The summed E-state index contributed by atoms with van der Waals surface area (Å²) < 4.78 is 37.5. The van der Waals surface area contributed by atoms with Crippen molar-refractivity contribution in [3.8, 4) is 5.75 Å². The molecule has 0 amide bonds. The summed E-state index contributed by atoms with van der Waals surface area (Å²) in [5.41, 5.74) is 0.186. The molecule has 0 unspecified atom stereocenters. The van der Waals surface area contributed by atoms with Gasteiger partial charge >= 0.3 is 6.18 Å². The smallest absolute Gasteiger partial charge is 0.416 e. The second kappa shape index (κ2) is 5.14. The molecule has 0 radical (unpaired) electrons. The van der Waals surface area contributed by atoms with E-state index in [1.807, 2.05) is 0 Å². The summed E-state index contributed by atoms with van der Waals surface area (Å²) in [5, 5.41) is 9.10. The van der Waals surface area contributed by atoms with Crippen LogP contribution in [0.1, 0.15) is 11.1 Å². The van der Waals surface area contributed by atoms with Gasteiger partial charge in [-0.05, 0) is 48.0 Å². The summed E-state index contributed by atoms with van der Waals surface area (Å²) in [4.78, 5) is 3.97. The van der Waals surface area contributed by atoms with Crippen molar-refractivity contribution in [3.05, 3.63) is 59.7 Å². The number of aromatic hydroxyl groups is 1. The van der Waals surface area contributed by atoms with E-state index in [1.54, 1.807) is 12.1 Å². The van der Waals surface area contributed by atoms with Gasteiger partial charge in [0.1, 0.15) is 5.75 Å². The van der Waals surface area contributed by atoms with Crippen LogP contribution in [-0.2, 0) is 6.18 Å². The standard InChI is InChI=1S/C14H10F3NO/c15-14(16,17)11-2-1-3-12(8-11)18-9-10-4-6-13(19)7-5-10/h1-9,19H. The largest absolute Gasteiger partial charge is 0.508 e. The van der Waals surface area contributed by atoms with Crippen LogP contribution in [0.3, 0.4) is 0 Å². The Morgan fingerprint density at radius 1 is 1.00 bits per heavy atom. The number of nitrogens with zero attached hydrogens (tertiary/aromatic N) is 1. The average molecular weight is 265 g/mol. The van der Waals surface area contributed by atoms with Gasteiger partial charge in [-0.2, -0.15) is 13.2 Å². The first-order valence-corrected chi connectivity index (χ1v) is 5.45. The number of alkyl halides is 3. The number of halogens is 3. The van der Waals surface area contributed by atoms with E-state index < -0.39 is 11.7 Å². The van der Waals surface area contributed by atoms with E-state index in [0.717, 1.165) is 12.1 Å². The summed E-state index contributed by atoms with van der Waals surface area (Å²) in [7, 11) is 0. The van der Waals surface area contributed by atoms with E-state index in [-0.39, 0.29) is 11.4 Å². The molecule has 98 valence electrons. The normalized spacial score (nSPS) is 11.9. The van der Waals surface area contributed by atoms with Crippen LogP contribution in [0.25, 0.3) is 0 Å². The van der Waals surface area contributed by atoms with E-state index in [2.05, 4.69) is 4.99 Å². The number of hydrogen-bond donors (Lipinski definition) is 1. The molecule has 5 heteroatoms. The van der Waals surface area contributed by atoms with Gasteiger partial charge in [0, 0.05) is 6.21 Å². The van der Waals surface area contributed by atoms with Crippen LogP contribution in [0.4, 0.5) is 18.9 Å². The van der Waals surface area contributed by atoms with E-state index in [1.165, 1.54) is 30.5 Å². The maximum absolute atomic E-state index is 12.5. The van der Waals surface area contributed by atoms with E-state index >= 15 is 0 Å². The van der Waals surface area contributed by atoms with E-state index in [4.69, 9.17) is 5.11 Å². The molecule has 0 aliphatic heterocycles. The third kappa shape index (κ3) is 3.58. The fraction of sp³-hybridized carbons (Fsp3) is 0.0714. The monoisotopic (exact) mass is 265 g/mol. The number of hydrogen-bond acceptors (Lipinski definition) is 2. The maximum Gasteiger partial charge on any atom is 0.416 e. The highest BCUT2D eigenvalue weighted by atomic mass is 19.4. The maximum atomic E-state index is 12.5. The Morgan fingerprint density at radius 3 is 2.32 bits per heavy atom. The lowest BCUT2D eigenvalue weighted by Crippen LogP contribution is -2.03. The van der Waals surface area contributed by atoms with Crippen molar-refractivity contribution < 1.29 is 18.3 Å². The number of benzene rings is 2. The van der Waals surface area contributed by atoms with Crippen molar-refractivity contribution in [2.75, 3.05) is 0 Å². The molecule has 2 aromatic rings. The van der Waals surface area contributed by atoms with Crippen molar-refractivity contribution in [1.82, 2.24) is 0 Å². The fourth-order valence-electron chi connectivity index (χ4n) is 1.47. The number of phenolic OH excluding ortho intramolecular Hbond substituents is 1. The first-order valence-electron chi connectivity index (χ1n) is 5.45. The molecule has 0 atom stereocenters. The third-order valence-electron chi connectivity index (χ3n) is 2.43. The molecule has 0 saturated carbocycles. The lowest BCUT2D eigenvalue weighted by molar-refractivity contribution is -0.137. The van der Waals surface area contributed by atoms with Gasteiger partial charge in [0.25, 0.3) is 0 Å². The summed E-state index contributed by atoms with van der Waals surface area (Å²) in [5.74, 6) is 0.121. The third-order valence-corrected chi connectivity index (χ3v) is 2.43. The fourth-order valence-corrected chi connectivity index (χ4v) is 1.47. The predicted molar refractivity (Wildman–Crippen MR) is 66.8 cm³/mol. The highest BCUT2D eigenvalue weighted by Gasteiger charge is 2.30. The first kappa shape index (κ1) is 13.1. The zero-order valence-electron chi connectivity index (χ0n) is 9.72. The lowest BCUT2D eigenvalue weighted by Gasteiger charge is -2.06. The molecule has 0 aliphatic rings. The highest BCUT2D eigenvalue weighted by Crippen LogP contribution is 2.31. The van der Waals surface area contributed by atoms with Crippen molar-refractivity contribution in [1.29, 1.82) is 0 Å². The minimum absolute atomic E-state index is 0.121. The highest BCUT2D eigenvalue weighted by molar-refractivity contribution is 5.82. The number of aliphatic imine (C=N–C) groups is 1. The van der Waals surface area contributed by atoms with Crippen LogP contribution in [-0.4, -0.2) is 11.3 Å². The lowest BCUT2D eigenvalue weighted by atomic mass is 10.2. The topological polar surface area (TPSA) is 32.6 Å². The minimum Gasteiger partial charge on any atom is -0.508 e. The zero-order chi connectivity index (χ0) is 13.9. The molecule has 0 bridgehead atoms. The van der Waals surface area contributed by atoms with Crippen LogP contribution in [0.15, 0.2) is 53.5 Å². The molecule has 0 aliphatic carbocycles. The molecule has 1 N–H and O–H groups in total. The van der Waals surface area contributed by atoms with Crippen molar-refractivity contribution in [3.63, 3.8) is 0 Å². The van der Waals surface area contributed by atoms with Gasteiger partial charge in [0.2, 0.25) is 0 Å². The molecule has 0 saturated heterocycles. The van der Waals surface area contributed by atoms with Crippen molar-refractivity contribution in [2.24, 2.45) is 4.99 Å². The summed E-state index contributed by atoms with van der Waals surface area (Å²) in [6.07, 6.45) is -2.93. The van der Waals surface area contributed by atoms with Gasteiger partial charge in [-0.15, -0.1) is 0 Å². The van der Waals surface area contributed by atoms with Crippen LogP contribution in [0, 0.1) is 0 Å². The number of rotatable bonds is 2. The Kier molecular flexibility index (Phi) is 3.55. The SMILES string of the molecule is Oc1ccc(C=Nc2cccc(C(F)(F)F)c2)cc1. The Hall–Kier alpha value is -2.30. The van der Waals surface area contributed by atoms with Crippen molar-refractivity contribution in [2.45, 2.75) is 6.18 Å². The summed E-state index contributed by atoms with van der Waals surface area (Å²) >= 11 is 0. The Balaban J connectivity index is 2.21. The van der Waals surface area contributed by atoms with E-state index in [0.29, 0.717) is 5.56 Å². The zero-order valence-corrected chi connectivity index (χ0v) is 9.72. The van der Waals surface area contributed by atoms with Gasteiger partial charge in [-0.3, -0.25) is 4.99 Å². The van der Waals surface area contributed by atoms with Gasteiger partial charge in [0.15, 0.2) is 0 Å². The van der Waals surface area contributed by atoms with Crippen molar-refractivity contribution >= 4 is 11.9 Å². The molecule has 2 rings (SSSR count).